The largest absolute Gasteiger partial charge is 0.294 e. The Morgan fingerprint density at radius 1 is 0.914 bits per heavy atom. The highest BCUT2D eigenvalue weighted by Crippen LogP contribution is 2.27. The predicted molar refractivity (Wildman–Crippen MR) is 129 cm³/mol. The number of carbonyl (C=O) groups is 1. The van der Waals surface area contributed by atoms with Crippen LogP contribution in [-0.4, -0.2) is 39.0 Å². The first kappa shape index (κ1) is 24.2. The van der Waals surface area contributed by atoms with E-state index in [9.17, 15) is 26.2 Å². The Labute approximate surface area is 201 Å². The number of nitrogens with zero attached hydrogens (tertiary/aromatic N) is 4. The first-order valence-electron chi connectivity index (χ1n) is 10.1. The summed E-state index contributed by atoms with van der Waals surface area (Å²) in [6.07, 6.45) is 0. The molecule has 3 aromatic carbocycles. The summed E-state index contributed by atoms with van der Waals surface area (Å²) in [5.41, 5.74) is 1.00. The second kappa shape index (κ2) is 9.37. The minimum absolute atomic E-state index is 0.0926. The van der Waals surface area contributed by atoms with Gasteiger partial charge in [-0.1, -0.05) is 30.3 Å². The number of hydrogen-bond acceptors (Lipinski definition) is 8. The Balaban J connectivity index is 1.54. The number of benzene rings is 3. The van der Waals surface area contributed by atoms with Crippen molar-refractivity contribution in [2.75, 3.05) is 9.73 Å². The highest BCUT2D eigenvalue weighted by molar-refractivity contribution is 7.92. The maximum atomic E-state index is 13.0. The highest BCUT2D eigenvalue weighted by atomic mass is 32.2. The molecule has 0 fully saturated rings. The minimum Gasteiger partial charge on any atom is -0.282 e. The van der Waals surface area contributed by atoms with Crippen molar-refractivity contribution >= 4 is 48.8 Å². The normalized spacial score (nSPS) is 16.5. The van der Waals surface area contributed by atoms with Gasteiger partial charge < -0.3 is 0 Å². The van der Waals surface area contributed by atoms with Crippen molar-refractivity contribution in [2.24, 2.45) is 15.3 Å². The molecule has 0 bridgehead atoms. The zero-order valence-corrected chi connectivity index (χ0v) is 19.8. The number of hydrazone groups is 1. The van der Waals surface area contributed by atoms with Crippen LogP contribution in [0, 0.1) is 0 Å². The van der Waals surface area contributed by atoms with E-state index < -0.39 is 32.1 Å². The van der Waals surface area contributed by atoms with Crippen LogP contribution >= 0.6 is 0 Å². The topological polar surface area (TPSA) is 158 Å². The van der Waals surface area contributed by atoms with Crippen molar-refractivity contribution in [3.05, 3.63) is 78.9 Å². The van der Waals surface area contributed by atoms with Crippen LogP contribution in [0.25, 0.3) is 0 Å². The van der Waals surface area contributed by atoms with Crippen molar-refractivity contribution in [1.29, 1.82) is 0 Å². The van der Waals surface area contributed by atoms with Crippen molar-refractivity contribution in [3.8, 4) is 0 Å². The van der Waals surface area contributed by atoms with Gasteiger partial charge in [-0.3, -0.25) is 14.1 Å². The van der Waals surface area contributed by atoms with Gasteiger partial charge in [0.05, 0.1) is 32.6 Å². The van der Waals surface area contributed by atoms with E-state index in [1.807, 2.05) is 0 Å². The monoisotopic (exact) mass is 513 g/mol. The predicted octanol–water partition coefficient (Wildman–Crippen LogP) is 3.61. The molecule has 1 amide bonds. The van der Waals surface area contributed by atoms with Crippen molar-refractivity contribution < 1.29 is 26.2 Å². The van der Waals surface area contributed by atoms with Gasteiger partial charge in [0.25, 0.3) is 26.0 Å². The van der Waals surface area contributed by atoms with Crippen LogP contribution in [0.2, 0.25) is 0 Å². The number of sulfonamides is 1. The summed E-state index contributed by atoms with van der Waals surface area (Å²) in [6.45, 7) is 1.58. The van der Waals surface area contributed by atoms with Gasteiger partial charge >= 0.3 is 0 Å². The smallest absolute Gasteiger partial charge is 0.282 e. The summed E-state index contributed by atoms with van der Waals surface area (Å²) in [6, 6.07) is 18.1. The molecule has 13 heteroatoms. The molecular formula is C22H19N5O6S2. The van der Waals surface area contributed by atoms with E-state index in [2.05, 4.69) is 20.1 Å². The van der Waals surface area contributed by atoms with E-state index >= 15 is 0 Å². The number of azo groups is 1. The van der Waals surface area contributed by atoms with E-state index in [0.29, 0.717) is 11.4 Å². The first-order valence-corrected chi connectivity index (χ1v) is 13.0. The third-order valence-corrected chi connectivity index (χ3v) is 7.14. The fraction of sp³-hybridized carbons (Fsp3) is 0.0909. The average molecular weight is 514 g/mol. The molecule has 0 saturated carbocycles. The molecular weight excluding hydrogens is 494 g/mol. The van der Waals surface area contributed by atoms with Crippen LogP contribution in [0.3, 0.4) is 0 Å². The Morgan fingerprint density at radius 3 is 2.31 bits per heavy atom. The Kier molecular flexibility index (Phi) is 6.47. The van der Waals surface area contributed by atoms with E-state index in [4.69, 9.17) is 0 Å². The standard InChI is InChI=1S/C22H19N5O6S2/c1-15-21(24-23-16-7-6-12-20(14-16)35(31,32)33)22(28)27(25-15)18-9-5-8-17(13-18)26-34(29,30)19-10-3-2-4-11-19/h2-14,21,26H,1H3,(H,31,32,33). The van der Waals surface area contributed by atoms with Gasteiger partial charge in [-0.2, -0.15) is 28.8 Å². The van der Waals surface area contributed by atoms with E-state index in [1.165, 1.54) is 36.4 Å². The molecule has 0 radical (unpaired) electrons. The fourth-order valence-corrected chi connectivity index (χ4v) is 4.81. The summed E-state index contributed by atoms with van der Waals surface area (Å²) >= 11 is 0. The van der Waals surface area contributed by atoms with Crippen LogP contribution in [0.4, 0.5) is 17.1 Å². The number of rotatable bonds is 7. The molecule has 0 aliphatic carbocycles. The van der Waals surface area contributed by atoms with Crippen LogP contribution in [0.15, 0.2) is 104 Å². The van der Waals surface area contributed by atoms with Gasteiger partial charge in [0.15, 0.2) is 6.04 Å². The summed E-state index contributed by atoms with van der Waals surface area (Å²) in [7, 11) is -8.24. The Morgan fingerprint density at radius 2 is 1.60 bits per heavy atom. The molecule has 1 aliphatic rings. The Bertz CT molecular complexity index is 1550. The number of carbonyl (C=O) groups excluding carboxylic acids is 1. The zero-order valence-electron chi connectivity index (χ0n) is 18.2. The number of anilines is 2. The molecule has 0 spiro atoms. The molecule has 180 valence electrons. The lowest BCUT2D eigenvalue weighted by atomic mass is 10.2. The number of hydrogen-bond donors (Lipinski definition) is 2. The molecule has 35 heavy (non-hydrogen) atoms. The van der Waals surface area contributed by atoms with E-state index in [-0.39, 0.29) is 21.2 Å². The third-order valence-electron chi connectivity index (χ3n) is 4.90. The van der Waals surface area contributed by atoms with Crippen molar-refractivity contribution in [3.63, 3.8) is 0 Å². The third kappa shape index (κ3) is 5.42. The molecule has 2 N–H and O–H groups in total. The fourth-order valence-electron chi connectivity index (χ4n) is 3.22. The highest BCUT2D eigenvalue weighted by Gasteiger charge is 2.35. The molecule has 0 saturated heterocycles. The zero-order chi connectivity index (χ0) is 25.2. The Hall–Kier alpha value is -3.94. The van der Waals surface area contributed by atoms with Gasteiger partial charge in [0.2, 0.25) is 0 Å². The maximum absolute atomic E-state index is 13.0. The molecule has 4 rings (SSSR count). The molecule has 1 atom stereocenters. The summed E-state index contributed by atoms with van der Waals surface area (Å²) < 4.78 is 59.5. The van der Waals surface area contributed by atoms with Crippen LogP contribution < -0.4 is 9.73 Å². The summed E-state index contributed by atoms with van der Waals surface area (Å²) in [4.78, 5) is 12.7. The average Bonchev–Trinajstić information content (AvgIpc) is 3.11. The van der Waals surface area contributed by atoms with Gasteiger partial charge in [-0.25, -0.2) is 8.42 Å². The quantitative estimate of drug-likeness (QED) is 0.363. The summed E-state index contributed by atoms with van der Waals surface area (Å²) in [5, 5.41) is 13.2. The van der Waals surface area contributed by atoms with Crippen molar-refractivity contribution in [1.82, 2.24) is 0 Å². The van der Waals surface area contributed by atoms with Gasteiger partial charge in [-0.15, -0.1) is 0 Å². The molecule has 1 unspecified atom stereocenters. The van der Waals surface area contributed by atoms with E-state index in [1.54, 1.807) is 43.3 Å². The van der Waals surface area contributed by atoms with Gasteiger partial charge in [0, 0.05) is 0 Å². The second-order valence-electron chi connectivity index (χ2n) is 7.45. The molecule has 0 aromatic heterocycles. The molecule has 11 nitrogen and oxygen atoms in total. The maximum Gasteiger partial charge on any atom is 0.294 e. The number of nitrogens with one attached hydrogen (secondary N) is 1. The SMILES string of the molecule is CC1=NN(c2cccc(NS(=O)(=O)c3ccccc3)c2)C(=O)C1N=Nc1cccc(S(=O)(=O)O)c1. The summed E-state index contributed by atoms with van der Waals surface area (Å²) in [5.74, 6) is -0.528. The molecule has 1 heterocycles. The van der Waals surface area contributed by atoms with E-state index in [0.717, 1.165) is 11.1 Å². The lowest BCUT2D eigenvalue weighted by Crippen LogP contribution is -2.29. The lowest BCUT2D eigenvalue weighted by molar-refractivity contribution is -0.117. The van der Waals surface area contributed by atoms with Crippen LogP contribution in [-0.2, 0) is 24.9 Å². The number of amides is 1. The van der Waals surface area contributed by atoms with Gasteiger partial charge in [0.1, 0.15) is 0 Å². The lowest BCUT2D eigenvalue weighted by Gasteiger charge is -2.14. The van der Waals surface area contributed by atoms with Crippen LogP contribution in [0.5, 0.6) is 0 Å². The molecule has 3 aromatic rings. The minimum atomic E-state index is -4.41. The first-order chi connectivity index (χ1) is 16.5. The second-order valence-corrected chi connectivity index (χ2v) is 10.6. The van der Waals surface area contributed by atoms with Crippen molar-refractivity contribution in [2.45, 2.75) is 22.8 Å². The molecule has 1 aliphatic heterocycles. The van der Waals surface area contributed by atoms with Gasteiger partial charge in [-0.05, 0) is 55.5 Å². The van der Waals surface area contributed by atoms with Crippen LogP contribution in [0.1, 0.15) is 6.92 Å².